The molecule has 0 spiro atoms. The average Bonchev–Trinajstić information content (AvgIpc) is 3.06. The molecule has 3 rings (SSSR count). The van der Waals surface area contributed by atoms with Gasteiger partial charge in [0.1, 0.15) is 0 Å². The highest BCUT2D eigenvalue weighted by Crippen LogP contribution is 2.44. The Morgan fingerprint density at radius 3 is 2.24 bits per heavy atom. The molecule has 1 aliphatic heterocycles. The minimum absolute atomic E-state index is 0.359. The van der Waals surface area contributed by atoms with Crippen molar-refractivity contribution >= 4 is 0 Å². The fraction of sp³-hybridized carbons (Fsp3) is 1.00. The molecule has 3 fully saturated rings. The Kier molecular flexibility index (Phi) is 2.99. The smallest absolute Gasteiger partial charge is 0.0817 e. The molecule has 3 aliphatic rings. The molecule has 1 saturated heterocycles. The van der Waals surface area contributed by atoms with Crippen LogP contribution in [0.5, 0.6) is 0 Å². The van der Waals surface area contributed by atoms with Crippen molar-refractivity contribution in [2.24, 2.45) is 11.8 Å². The summed E-state index contributed by atoms with van der Waals surface area (Å²) in [7, 11) is 0. The maximum Gasteiger partial charge on any atom is 0.0817 e. The Morgan fingerprint density at radius 2 is 1.65 bits per heavy atom. The number of aliphatic hydroxyl groups is 1. The second-order valence-electron chi connectivity index (χ2n) is 7.02. The summed E-state index contributed by atoms with van der Waals surface area (Å²) in [5, 5.41) is 11.0. The number of hydrogen-bond donors (Lipinski definition) is 1. The number of β-amino-alcohol motifs (C(OH)–C–C–N with tert-alkyl or cyclic N) is 1. The molecule has 2 heteroatoms. The molecule has 0 aromatic carbocycles. The highest BCUT2D eigenvalue weighted by molar-refractivity contribution is 5.04. The van der Waals surface area contributed by atoms with Crippen molar-refractivity contribution in [1.82, 2.24) is 4.90 Å². The van der Waals surface area contributed by atoms with Gasteiger partial charge in [-0.25, -0.2) is 0 Å². The molecule has 0 aromatic heterocycles. The lowest BCUT2D eigenvalue weighted by Crippen LogP contribution is -2.42. The number of likely N-dealkylation sites (tertiary alicyclic amines) is 1. The van der Waals surface area contributed by atoms with E-state index in [-0.39, 0.29) is 5.60 Å². The molecule has 0 radical (unpaired) electrons. The van der Waals surface area contributed by atoms with Crippen LogP contribution < -0.4 is 0 Å². The molecule has 17 heavy (non-hydrogen) atoms. The monoisotopic (exact) mass is 237 g/mol. The van der Waals surface area contributed by atoms with Crippen molar-refractivity contribution < 1.29 is 5.11 Å². The van der Waals surface area contributed by atoms with Crippen molar-refractivity contribution in [1.29, 1.82) is 0 Å². The molecular weight excluding hydrogens is 210 g/mol. The van der Waals surface area contributed by atoms with E-state index in [0.29, 0.717) is 12.0 Å². The first-order valence-electron chi connectivity index (χ1n) is 7.56. The second kappa shape index (κ2) is 4.24. The summed E-state index contributed by atoms with van der Waals surface area (Å²) in [6.07, 6.45) is 8.90. The van der Waals surface area contributed by atoms with Crippen LogP contribution in [0.4, 0.5) is 0 Å². The summed E-state index contributed by atoms with van der Waals surface area (Å²) in [5.41, 5.74) is -0.359. The van der Waals surface area contributed by atoms with Crippen LogP contribution in [0, 0.1) is 11.8 Å². The molecule has 2 atom stereocenters. The summed E-state index contributed by atoms with van der Waals surface area (Å²) in [5.74, 6) is 1.46. The fourth-order valence-corrected chi connectivity index (χ4v) is 4.15. The third kappa shape index (κ3) is 2.26. The lowest BCUT2D eigenvalue weighted by Gasteiger charge is -2.37. The predicted molar refractivity (Wildman–Crippen MR) is 69.9 cm³/mol. The molecule has 0 bridgehead atoms. The highest BCUT2D eigenvalue weighted by atomic mass is 16.3. The lowest BCUT2D eigenvalue weighted by atomic mass is 9.73. The lowest BCUT2D eigenvalue weighted by molar-refractivity contribution is -0.0288. The van der Waals surface area contributed by atoms with Gasteiger partial charge in [-0.15, -0.1) is 0 Å². The van der Waals surface area contributed by atoms with Crippen molar-refractivity contribution in [3.63, 3.8) is 0 Å². The molecule has 0 aromatic rings. The van der Waals surface area contributed by atoms with Gasteiger partial charge in [-0.1, -0.05) is 19.8 Å². The fourth-order valence-electron chi connectivity index (χ4n) is 4.15. The zero-order valence-electron chi connectivity index (χ0n) is 11.4. The van der Waals surface area contributed by atoms with Gasteiger partial charge in [0.2, 0.25) is 0 Å². The van der Waals surface area contributed by atoms with Gasteiger partial charge in [-0.3, -0.25) is 4.90 Å². The van der Waals surface area contributed by atoms with Gasteiger partial charge in [-0.05, 0) is 50.9 Å². The van der Waals surface area contributed by atoms with Crippen LogP contribution >= 0.6 is 0 Å². The molecule has 2 unspecified atom stereocenters. The quantitative estimate of drug-likeness (QED) is 0.798. The van der Waals surface area contributed by atoms with Gasteiger partial charge < -0.3 is 5.11 Å². The first kappa shape index (κ1) is 12.0. The van der Waals surface area contributed by atoms with Gasteiger partial charge in [0.15, 0.2) is 0 Å². The van der Waals surface area contributed by atoms with Crippen LogP contribution in [-0.4, -0.2) is 34.2 Å². The van der Waals surface area contributed by atoms with Crippen LogP contribution in [0.3, 0.4) is 0 Å². The predicted octanol–water partition coefficient (Wildman–Crippen LogP) is 2.80. The van der Waals surface area contributed by atoms with Crippen LogP contribution in [0.2, 0.25) is 0 Å². The first-order chi connectivity index (χ1) is 8.08. The summed E-state index contributed by atoms with van der Waals surface area (Å²) < 4.78 is 0. The molecule has 2 nitrogen and oxygen atoms in total. The SMILES string of the molecule is CC1CCC(C2(O)CC(C)N(C3CC3)C2)CC1. The van der Waals surface area contributed by atoms with Crippen molar-refractivity contribution in [2.75, 3.05) is 6.54 Å². The highest BCUT2D eigenvalue weighted by Gasteiger charge is 2.49. The van der Waals surface area contributed by atoms with Gasteiger partial charge in [0, 0.05) is 18.6 Å². The summed E-state index contributed by atoms with van der Waals surface area (Å²) in [4.78, 5) is 2.58. The standard InChI is InChI=1S/C15H27NO/c1-11-3-5-13(6-4-11)15(17)9-12(2)16(10-15)14-7-8-14/h11-14,17H,3-10H2,1-2H3. The molecular formula is C15H27NO. The van der Waals surface area contributed by atoms with Crippen LogP contribution in [0.15, 0.2) is 0 Å². The molecule has 1 heterocycles. The zero-order valence-corrected chi connectivity index (χ0v) is 11.4. The van der Waals surface area contributed by atoms with Gasteiger partial charge in [-0.2, -0.15) is 0 Å². The molecule has 2 saturated carbocycles. The second-order valence-corrected chi connectivity index (χ2v) is 7.02. The van der Waals surface area contributed by atoms with E-state index >= 15 is 0 Å². The maximum atomic E-state index is 11.0. The topological polar surface area (TPSA) is 23.5 Å². The van der Waals surface area contributed by atoms with Crippen molar-refractivity contribution in [2.45, 2.75) is 76.5 Å². The Hall–Kier alpha value is -0.0800. The van der Waals surface area contributed by atoms with E-state index < -0.39 is 0 Å². The number of hydrogen-bond acceptors (Lipinski definition) is 2. The Balaban J connectivity index is 1.65. The van der Waals surface area contributed by atoms with Crippen molar-refractivity contribution in [3.8, 4) is 0 Å². The molecule has 2 aliphatic carbocycles. The zero-order chi connectivity index (χ0) is 12.0. The summed E-state index contributed by atoms with van der Waals surface area (Å²) >= 11 is 0. The van der Waals surface area contributed by atoms with E-state index in [9.17, 15) is 5.11 Å². The Labute approximate surface area is 105 Å². The van der Waals surface area contributed by atoms with E-state index in [1.54, 1.807) is 0 Å². The Morgan fingerprint density at radius 1 is 1.00 bits per heavy atom. The van der Waals surface area contributed by atoms with E-state index in [1.807, 2.05) is 0 Å². The summed E-state index contributed by atoms with van der Waals surface area (Å²) in [6.45, 7) is 5.62. The van der Waals surface area contributed by atoms with Crippen LogP contribution in [-0.2, 0) is 0 Å². The average molecular weight is 237 g/mol. The van der Waals surface area contributed by atoms with Crippen LogP contribution in [0.25, 0.3) is 0 Å². The normalized spacial score (nSPS) is 48.5. The largest absolute Gasteiger partial charge is 0.388 e. The number of rotatable bonds is 2. The van der Waals surface area contributed by atoms with E-state index in [0.717, 1.165) is 24.9 Å². The first-order valence-corrected chi connectivity index (χ1v) is 7.56. The molecule has 98 valence electrons. The van der Waals surface area contributed by atoms with E-state index in [2.05, 4.69) is 18.7 Å². The van der Waals surface area contributed by atoms with Crippen LogP contribution in [0.1, 0.15) is 58.8 Å². The molecule has 1 N–H and O–H groups in total. The van der Waals surface area contributed by atoms with E-state index in [4.69, 9.17) is 0 Å². The maximum absolute atomic E-state index is 11.0. The van der Waals surface area contributed by atoms with Gasteiger partial charge >= 0.3 is 0 Å². The van der Waals surface area contributed by atoms with Gasteiger partial charge in [0.25, 0.3) is 0 Å². The Bertz CT molecular complexity index is 281. The van der Waals surface area contributed by atoms with Gasteiger partial charge in [0.05, 0.1) is 5.60 Å². The minimum atomic E-state index is -0.359. The third-order valence-electron chi connectivity index (χ3n) is 5.46. The summed E-state index contributed by atoms with van der Waals surface area (Å²) in [6, 6.07) is 1.41. The third-order valence-corrected chi connectivity index (χ3v) is 5.46. The number of nitrogens with zero attached hydrogens (tertiary/aromatic N) is 1. The van der Waals surface area contributed by atoms with E-state index in [1.165, 1.54) is 38.5 Å². The van der Waals surface area contributed by atoms with Crippen molar-refractivity contribution in [3.05, 3.63) is 0 Å². The minimum Gasteiger partial charge on any atom is -0.388 e. The molecule has 0 amide bonds.